The minimum absolute atomic E-state index is 0.0423. The lowest BCUT2D eigenvalue weighted by Gasteiger charge is -2.25. The van der Waals surface area contributed by atoms with Crippen LogP contribution in [0, 0.1) is 13.8 Å². The summed E-state index contributed by atoms with van der Waals surface area (Å²) in [6.45, 7) is 4.22. The van der Waals surface area contributed by atoms with E-state index in [1.807, 2.05) is 26.0 Å². The van der Waals surface area contributed by atoms with E-state index >= 15 is 0 Å². The molecule has 0 unspecified atom stereocenters. The Kier molecular flexibility index (Phi) is 6.62. The van der Waals surface area contributed by atoms with E-state index < -0.39 is 10.0 Å². The molecule has 3 aromatic rings. The lowest BCUT2D eigenvalue weighted by molar-refractivity contribution is -0.130. The first-order valence-corrected chi connectivity index (χ1v) is 11.1. The SMILES string of the molecule is Cc1ccc(N(CCC(=O)N(C)Cc2ccco2)S(=O)(=O)c2ccc(C)cc2)cc1. The third-order valence-electron chi connectivity index (χ3n) is 4.86. The molecular formula is C23H26N2O4S. The lowest BCUT2D eigenvalue weighted by Crippen LogP contribution is -2.36. The van der Waals surface area contributed by atoms with Crippen molar-refractivity contribution < 1.29 is 17.6 Å². The standard InChI is InChI=1S/C23H26N2O4S/c1-18-6-10-20(11-7-18)25(30(27,28)22-12-8-19(2)9-13-22)15-14-23(26)24(3)17-21-5-4-16-29-21/h4-13,16H,14-15,17H2,1-3H3. The third kappa shape index (κ3) is 5.10. The topological polar surface area (TPSA) is 70.8 Å². The van der Waals surface area contributed by atoms with Crippen LogP contribution in [0.15, 0.2) is 76.2 Å². The second-order valence-corrected chi connectivity index (χ2v) is 9.17. The largest absolute Gasteiger partial charge is 0.467 e. The van der Waals surface area contributed by atoms with Crippen molar-refractivity contribution in [3.63, 3.8) is 0 Å². The Hall–Kier alpha value is -3.06. The highest BCUT2D eigenvalue weighted by Crippen LogP contribution is 2.25. The van der Waals surface area contributed by atoms with Crippen LogP contribution in [0.4, 0.5) is 5.69 Å². The number of carbonyl (C=O) groups is 1. The summed E-state index contributed by atoms with van der Waals surface area (Å²) in [7, 11) is -2.13. The maximum atomic E-state index is 13.4. The van der Waals surface area contributed by atoms with Gasteiger partial charge in [0.05, 0.1) is 23.4 Å². The monoisotopic (exact) mass is 426 g/mol. The normalized spacial score (nSPS) is 11.3. The van der Waals surface area contributed by atoms with E-state index in [0.717, 1.165) is 11.1 Å². The molecule has 0 aliphatic heterocycles. The zero-order valence-electron chi connectivity index (χ0n) is 17.4. The summed E-state index contributed by atoms with van der Waals surface area (Å²) < 4.78 is 33.3. The van der Waals surface area contributed by atoms with Crippen molar-refractivity contribution in [1.82, 2.24) is 4.90 Å². The number of hydrogen-bond donors (Lipinski definition) is 0. The minimum atomic E-state index is -3.81. The molecule has 6 nitrogen and oxygen atoms in total. The number of benzene rings is 2. The highest BCUT2D eigenvalue weighted by molar-refractivity contribution is 7.92. The van der Waals surface area contributed by atoms with Crippen LogP contribution in [0.2, 0.25) is 0 Å². The number of carbonyl (C=O) groups excluding carboxylic acids is 1. The summed E-state index contributed by atoms with van der Waals surface area (Å²) in [4.78, 5) is 14.4. The number of rotatable bonds is 8. The molecule has 30 heavy (non-hydrogen) atoms. The summed E-state index contributed by atoms with van der Waals surface area (Å²) in [5.74, 6) is 0.510. The molecule has 0 bridgehead atoms. The zero-order chi connectivity index (χ0) is 21.7. The zero-order valence-corrected chi connectivity index (χ0v) is 18.2. The van der Waals surface area contributed by atoms with E-state index in [0.29, 0.717) is 18.0 Å². The molecule has 0 N–H and O–H groups in total. The van der Waals surface area contributed by atoms with Gasteiger partial charge < -0.3 is 9.32 Å². The molecule has 2 aromatic carbocycles. The molecule has 1 heterocycles. The van der Waals surface area contributed by atoms with Crippen molar-refractivity contribution in [1.29, 1.82) is 0 Å². The molecular weight excluding hydrogens is 400 g/mol. The minimum Gasteiger partial charge on any atom is -0.467 e. The average molecular weight is 427 g/mol. The number of sulfonamides is 1. The summed E-state index contributed by atoms with van der Waals surface area (Å²) in [6.07, 6.45) is 1.61. The van der Waals surface area contributed by atoms with Gasteiger partial charge in [-0.1, -0.05) is 35.4 Å². The Balaban J connectivity index is 1.82. The summed E-state index contributed by atoms with van der Waals surface area (Å²) in [5, 5.41) is 0. The second-order valence-electron chi connectivity index (χ2n) is 7.30. The van der Waals surface area contributed by atoms with Gasteiger partial charge in [0.15, 0.2) is 0 Å². The van der Waals surface area contributed by atoms with Gasteiger partial charge in [-0.25, -0.2) is 8.42 Å². The van der Waals surface area contributed by atoms with Gasteiger partial charge in [0, 0.05) is 20.0 Å². The van der Waals surface area contributed by atoms with Crippen LogP contribution >= 0.6 is 0 Å². The Labute approximate surface area is 177 Å². The maximum Gasteiger partial charge on any atom is 0.264 e. The highest BCUT2D eigenvalue weighted by atomic mass is 32.2. The van der Waals surface area contributed by atoms with Gasteiger partial charge in [0.1, 0.15) is 5.76 Å². The molecule has 0 aliphatic carbocycles. The van der Waals surface area contributed by atoms with Crippen LogP contribution < -0.4 is 4.31 Å². The number of aryl methyl sites for hydroxylation is 2. The first-order valence-electron chi connectivity index (χ1n) is 9.70. The molecule has 1 amide bonds. The molecule has 3 rings (SSSR count). The Morgan fingerprint density at radius 3 is 2.10 bits per heavy atom. The van der Waals surface area contributed by atoms with Gasteiger partial charge in [-0.05, 0) is 50.2 Å². The predicted octanol–water partition coefficient (Wildman–Crippen LogP) is 4.14. The van der Waals surface area contributed by atoms with Crippen molar-refractivity contribution in [2.24, 2.45) is 0 Å². The van der Waals surface area contributed by atoms with Crippen molar-refractivity contribution in [2.45, 2.75) is 31.7 Å². The molecule has 1 aromatic heterocycles. The van der Waals surface area contributed by atoms with Gasteiger partial charge >= 0.3 is 0 Å². The van der Waals surface area contributed by atoms with E-state index in [4.69, 9.17) is 4.42 Å². The Morgan fingerprint density at radius 2 is 1.53 bits per heavy atom. The van der Waals surface area contributed by atoms with Crippen LogP contribution in [-0.2, 0) is 21.4 Å². The molecule has 0 aliphatic rings. The van der Waals surface area contributed by atoms with Crippen LogP contribution in [0.3, 0.4) is 0 Å². The first-order chi connectivity index (χ1) is 14.3. The van der Waals surface area contributed by atoms with Crippen molar-refractivity contribution in [2.75, 3.05) is 17.9 Å². The van der Waals surface area contributed by atoms with E-state index in [9.17, 15) is 13.2 Å². The number of furan rings is 1. The molecule has 0 saturated carbocycles. The molecule has 0 fully saturated rings. The number of nitrogens with zero attached hydrogens (tertiary/aromatic N) is 2. The molecule has 0 spiro atoms. The fourth-order valence-electron chi connectivity index (χ4n) is 3.05. The predicted molar refractivity (Wildman–Crippen MR) is 117 cm³/mol. The Bertz CT molecular complexity index is 1070. The Morgan fingerprint density at radius 1 is 0.933 bits per heavy atom. The fourth-order valence-corrected chi connectivity index (χ4v) is 4.51. The van der Waals surface area contributed by atoms with E-state index in [2.05, 4.69) is 0 Å². The van der Waals surface area contributed by atoms with Crippen molar-refractivity contribution in [3.8, 4) is 0 Å². The molecule has 0 radical (unpaired) electrons. The van der Waals surface area contributed by atoms with Crippen LogP contribution in [0.25, 0.3) is 0 Å². The van der Waals surface area contributed by atoms with E-state index in [1.165, 1.54) is 9.21 Å². The lowest BCUT2D eigenvalue weighted by atomic mass is 10.2. The van der Waals surface area contributed by atoms with Gasteiger partial charge in [0.25, 0.3) is 10.0 Å². The summed E-state index contributed by atoms with van der Waals surface area (Å²) in [5.41, 5.74) is 2.54. The maximum absolute atomic E-state index is 13.4. The van der Waals surface area contributed by atoms with Crippen LogP contribution in [0.1, 0.15) is 23.3 Å². The molecule has 0 saturated heterocycles. The van der Waals surface area contributed by atoms with Gasteiger partial charge in [-0.15, -0.1) is 0 Å². The molecule has 158 valence electrons. The number of anilines is 1. The van der Waals surface area contributed by atoms with E-state index in [1.54, 1.807) is 61.8 Å². The summed E-state index contributed by atoms with van der Waals surface area (Å²) in [6, 6.07) is 17.5. The third-order valence-corrected chi connectivity index (χ3v) is 6.70. The quantitative estimate of drug-likeness (QED) is 0.543. The number of hydrogen-bond acceptors (Lipinski definition) is 4. The van der Waals surface area contributed by atoms with Crippen molar-refractivity contribution >= 4 is 21.6 Å². The molecule has 0 atom stereocenters. The van der Waals surface area contributed by atoms with Gasteiger partial charge in [-0.2, -0.15) is 0 Å². The average Bonchev–Trinajstić information content (AvgIpc) is 3.22. The molecule has 7 heteroatoms. The number of amides is 1. The fraction of sp³-hybridized carbons (Fsp3) is 0.261. The second kappa shape index (κ2) is 9.17. The van der Waals surface area contributed by atoms with Crippen LogP contribution in [-0.4, -0.2) is 32.8 Å². The highest BCUT2D eigenvalue weighted by Gasteiger charge is 2.26. The van der Waals surface area contributed by atoms with Crippen LogP contribution in [0.5, 0.6) is 0 Å². The van der Waals surface area contributed by atoms with E-state index in [-0.39, 0.29) is 23.8 Å². The van der Waals surface area contributed by atoms with Gasteiger partial charge in [0.2, 0.25) is 5.91 Å². The first kappa shape index (κ1) is 21.6. The van der Waals surface area contributed by atoms with Crippen molar-refractivity contribution in [3.05, 3.63) is 83.8 Å². The summed E-state index contributed by atoms with van der Waals surface area (Å²) >= 11 is 0. The smallest absolute Gasteiger partial charge is 0.264 e. The van der Waals surface area contributed by atoms with Gasteiger partial charge in [-0.3, -0.25) is 9.10 Å².